The molecule has 0 N–H and O–H groups in total. The lowest BCUT2D eigenvalue weighted by Crippen LogP contribution is -2.50. The van der Waals surface area contributed by atoms with Crippen LogP contribution in [0.1, 0.15) is 48.0 Å². The second-order valence-corrected chi connectivity index (χ2v) is 8.50. The normalized spacial score (nSPS) is 26.9. The van der Waals surface area contributed by atoms with Gasteiger partial charge in [0.15, 0.2) is 0 Å². The van der Waals surface area contributed by atoms with Crippen molar-refractivity contribution < 1.29 is 24.0 Å². The lowest BCUT2D eigenvalue weighted by Gasteiger charge is -2.29. The topological polar surface area (TPSA) is 84.0 Å². The Hall–Kier alpha value is -2.35. The molecule has 3 amide bonds. The highest BCUT2D eigenvalue weighted by Gasteiger charge is 2.58. The number of benzene rings is 1. The third kappa shape index (κ3) is 2.27. The van der Waals surface area contributed by atoms with Crippen molar-refractivity contribution in [2.24, 2.45) is 0 Å². The van der Waals surface area contributed by atoms with E-state index in [1.807, 2.05) is 26.0 Å². The van der Waals surface area contributed by atoms with Crippen LogP contribution in [-0.4, -0.2) is 44.4 Å². The minimum Gasteiger partial charge on any atom is -0.328 e. The third-order valence-corrected chi connectivity index (χ3v) is 6.24. The maximum atomic E-state index is 12.8. The highest BCUT2D eigenvalue weighted by atomic mass is 32.2. The van der Waals surface area contributed by atoms with E-state index in [1.165, 1.54) is 16.7 Å². The second-order valence-electron chi connectivity index (χ2n) is 6.77. The number of fused-ring (bicyclic) bond motifs is 3. The summed E-state index contributed by atoms with van der Waals surface area (Å²) in [6, 6.07) is 6.37. The maximum Gasteiger partial charge on any atom is 0.356 e. The Kier molecular flexibility index (Phi) is 3.44. The van der Waals surface area contributed by atoms with Gasteiger partial charge in [0.1, 0.15) is 11.4 Å². The summed E-state index contributed by atoms with van der Waals surface area (Å²) in [5.41, 5.74) is 1.44. The van der Waals surface area contributed by atoms with Gasteiger partial charge in [-0.15, -0.1) is 16.8 Å². The van der Waals surface area contributed by atoms with Crippen molar-refractivity contribution in [1.29, 1.82) is 0 Å². The molecule has 0 aromatic heterocycles. The number of imide groups is 1. The third-order valence-electron chi connectivity index (χ3n) is 4.71. The van der Waals surface area contributed by atoms with Crippen molar-refractivity contribution in [2.45, 2.75) is 42.9 Å². The second kappa shape index (κ2) is 5.32. The zero-order valence-electron chi connectivity index (χ0n) is 13.7. The molecule has 2 fully saturated rings. The smallest absolute Gasteiger partial charge is 0.328 e. The van der Waals surface area contributed by atoms with Crippen LogP contribution in [-0.2, 0) is 19.2 Å². The quantitative estimate of drug-likeness (QED) is 0.746. The number of thioether (sulfide) groups is 1. The summed E-state index contributed by atoms with van der Waals surface area (Å²) in [7, 11) is 0. The van der Waals surface area contributed by atoms with Gasteiger partial charge in [-0.2, -0.15) is 0 Å². The Labute approximate surface area is 148 Å². The highest BCUT2D eigenvalue weighted by molar-refractivity contribution is 8.01. The van der Waals surface area contributed by atoms with Gasteiger partial charge in [0.2, 0.25) is 0 Å². The number of hydrogen-bond acceptors (Lipinski definition) is 6. The summed E-state index contributed by atoms with van der Waals surface area (Å²) in [6.07, 6.45) is 0.0667. The van der Waals surface area contributed by atoms with E-state index in [-0.39, 0.29) is 24.1 Å². The first-order valence-electron chi connectivity index (χ1n) is 7.98. The van der Waals surface area contributed by atoms with Crippen LogP contribution in [0, 0.1) is 0 Å². The van der Waals surface area contributed by atoms with Crippen LogP contribution in [0.2, 0.25) is 0 Å². The van der Waals surface area contributed by atoms with E-state index in [1.54, 1.807) is 12.1 Å². The molecule has 3 heterocycles. The van der Waals surface area contributed by atoms with E-state index in [4.69, 9.17) is 4.84 Å². The molecule has 3 aliphatic rings. The van der Waals surface area contributed by atoms with Gasteiger partial charge in [0.25, 0.3) is 17.7 Å². The van der Waals surface area contributed by atoms with Crippen LogP contribution in [0.5, 0.6) is 0 Å². The van der Waals surface area contributed by atoms with E-state index >= 15 is 0 Å². The highest BCUT2D eigenvalue weighted by Crippen LogP contribution is 2.56. The molecule has 0 spiro atoms. The van der Waals surface area contributed by atoms with Crippen molar-refractivity contribution in [1.82, 2.24) is 9.96 Å². The number of carbonyl (C=O) groups excluding carboxylic acids is 4. The zero-order valence-corrected chi connectivity index (χ0v) is 14.5. The average Bonchev–Trinajstić information content (AvgIpc) is 3.12. The first-order valence-corrected chi connectivity index (χ1v) is 8.86. The van der Waals surface area contributed by atoms with Gasteiger partial charge in [-0.3, -0.25) is 14.4 Å². The minimum absolute atomic E-state index is 0.0334. The van der Waals surface area contributed by atoms with Crippen molar-refractivity contribution in [3.05, 3.63) is 35.4 Å². The number of amides is 3. The van der Waals surface area contributed by atoms with Gasteiger partial charge in [0, 0.05) is 23.2 Å². The van der Waals surface area contributed by atoms with Crippen molar-refractivity contribution >= 4 is 35.5 Å². The molecule has 25 heavy (non-hydrogen) atoms. The first-order chi connectivity index (χ1) is 11.8. The predicted octanol–water partition coefficient (Wildman–Crippen LogP) is 1.64. The Morgan fingerprint density at radius 3 is 2.48 bits per heavy atom. The molecule has 0 unspecified atom stereocenters. The van der Waals surface area contributed by atoms with E-state index < -0.39 is 28.6 Å². The summed E-state index contributed by atoms with van der Waals surface area (Å²) < 4.78 is -0.614. The van der Waals surface area contributed by atoms with E-state index in [0.29, 0.717) is 10.6 Å². The van der Waals surface area contributed by atoms with Gasteiger partial charge in [-0.1, -0.05) is 18.2 Å². The SMILES string of the molecule is CC1(C)S[C@H]2c3ccccc3C(=O)N2[C@@H]1C(=O)ON1C(=O)CCC1=O. The summed E-state index contributed by atoms with van der Waals surface area (Å²) in [5.74, 6) is -2.06. The summed E-state index contributed by atoms with van der Waals surface area (Å²) in [4.78, 5) is 55.6. The number of rotatable bonds is 2. The van der Waals surface area contributed by atoms with Gasteiger partial charge in [-0.25, -0.2) is 4.79 Å². The number of carbonyl (C=O) groups is 4. The summed E-state index contributed by atoms with van der Waals surface area (Å²) in [5, 5.41) is 0.255. The molecule has 0 aliphatic carbocycles. The molecule has 0 saturated carbocycles. The monoisotopic (exact) mass is 360 g/mol. The summed E-state index contributed by atoms with van der Waals surface area (Å²) >= 11 is 1.50. The molecule has 0 bridgehead atoms. The van der Waals surface area contributed by atoms with E-state index in [9.17, 15) is 19.2 Å². The summed E-state index contributed by atoms with van der Waals surface area (Å²) in [6.45, 7) is 3.71. The molecule has 130 valence electrons. The molecule has 1 aromatic rings. The Morgan fingerprint density at radius 1 is 1.16 bits per heavy atom. The largest absolute Gasteiger partial charge is 0.356 e. The van der Waals surface area contributed by atoms with Crippen LogP contribution < -0.4 is 0 Å². The standard InChI is InChI=1S/C17H16N2O5S/c1-17(2)13(16(23)24-19-11(20)7-8-12(19)21)18-14(22)9-5-3-4-6-10(9)15(18)25-17/h3-6,13,15H,7-8H2,1-2H3/t13-,15+/m1/s1. The van der Waals surface area contributed by atoms with E-state index in [2.05, 4.69) is 0 Å². The fraction of sp³-hybridized carbons (Fsp3) is 0.412. The molecular formula is C17H16N2O5S. The molecule has 8 heteroatoms. The Balaban J connectivity index is 1.65. The van der Waals surface area contributed by atoms with Crippen LogP contribution >= 0.6 is 11.8 Å². The zero-order chi connectivity index (χ0) is 17.9. The Bertz CT molecular complexity index is 805. The molecule has 4 rings (SSSR count). The van der Waals surface area contributed by atoms with Gasteiger partial charge >= 0.3 is 5.97 Å². The van der Waals surface area contributed by atoms with Crippen molar-refractivity contribution in [3.63, 3.8) is 0 Å². The van der Waals surface area contributed by atoms with Crippen LogP contribution in [0.15, 0.2) is 24.3 Å². The number of nitrogens with zero attached hydrogens (tertiary/aromatic N) is 2. The van der Waals surface area contributed by atoms with Crippen molar-refractivity contribution in [3.8, 4) is 0 Å². The fourth-order valence-corrected chi connectivity index (χ4v) is 5.14. The number of hydroxylamine groups is 2. The van der Waals surface area contributed by atoms with Crippen LogP contribution in [0.3, 0.4) is 0 Å². The lowest BCUT2D eigenvalue weighted by molar-refractivity contribution is -0.201. The first kappa shape index (κ1) is 16.1. The fourth-order valence-electron chi connectivity index (χ4n) is 3.56. The van der Waals surface area contributed by atoms with Crippen LogP contribution in [0.25, 0.3) is 0 Å². The molecule has 0 radical (unpaired) electrons. The van der Waals surface area contributed by atoms with Gasteiger partial charge in [0.05, 0.1) is 0 Å². The molecule has 2 atom stereocenters. The minimum atomic E-state index is -0.886. The molecular weight excluding hydrogens is 344 g/mol. The van der Waals surface area contributed by atoms with Gasteiger partial charge < -0.3 is 9.74 Å². The van der Waals surface area contributed by atoms with Crippen LogP contribution in [0.4, 0.5) is 0 Å². The van der Waals surface area contributed by atoms with Crippen molar-refractivity contribution in [2.75, 3.05) is 0 Å². The molecule has 1 aromatic carbocycles. The van der Waals surface area contributed by atoms with Gasteiger partial charge in [-0.05, 0) is 25.5 Å². The maximum absolute atomic E-state index is 12.8. The molecule has 7 nitrogen and oxygen atoms in total. The molecule has 2 saturated heterocycles. The average molecular weight is 360 g/mol. The molecule has 3 aliphatic heterocycles. The lowest BCUT2D eigenvalue weighted by atomic mass is 10.0. The Morgan fingerprint density at radius 2 is 1.80 bits per heavy atom. The van der Waals surface area contributed by atoms with E-state index in [0.717, 1.165) is 5.56 Å². The number of hydrogen-bond donors (Lipinski definition) is 0. The predicted molar refractivity (Wildman–Crippen MR) is 88.0 cm³/mol.